The Labute approximate surface area is 117 Å². The van der Waals surface area contributed by atoms with E-state index in [-0.39, 0.29) is 11.4 Å². The molecule has 1 fully saturated rings. The van der Waals surface area contributed by atoms with E-state index in [4.69, 9.17) is 16.3 Å². The van der Waals surface area contributed by atoms with Gasteiger partial charge in [-0.1, -0.05) is 11.6 Å². The topological polar surface area (TPSA) is 68.6 Å². The Kier molecular flexibility index (Phi) is 4.10. The second kappa shape index (κ2) is 5.46. The number of halogens is 1. The monoisotopic (exact) mass is 302 g/mol. The minimum absolute atomic E-state index is 0.103. The molecule has 0 aromatic carbocycles. The molecule has 1 aliphatic carbocycles. The first-order valence-corrected chi connectivity index (χ1v) is 8.17. The lowest BCUT2D eigenvalue weighted by molar-refractivity contribution is 0.111. The second-order valence-electron chi connectivity index (χ2n) is 4.56. The molecular formula is C12H15ClN2O3S. The number of sulfone groups is 1. The van der Waals surface area contributed by atoms with E-state index in [2.05, 4.69) is 9.98 Å². The van der Waals surface area contributed by atoms with Crippen LogP contribution in [0.5, 0.6) is 0 Å². The number of aromatic nitrogens is 1. The van der Waals surface area contributed by atoms with Gasteiger partial charge in [-0.05, 0) is 12.1 Å². The predicted octanol–water partition coefficient (Wildman–Crippen LogP) is 1.70. The Bertz CT molecular complexity index is 577. The Hall–Kier alpha value is -1.14. The highest BCUT2D eigenvalue weighted by Crippen LogP contribution is 2.29. The third-order valence-corrected chi connectivity index (χ3v) is 4.93. The van der Waals surface area contributed by atoms with E-state index < -0.39 is 9.84 Å². The normalized spacial score (nSPS) is 23.8. The summed E-state index contributed by atoms with van der Waals surface area (Å²) >= 11 is 5.71. The maximum absolute atomic E-state index is 11.3. The Balaban J connectivity index is 1.98. The molecule has 7 heteroatoms. The van der Waals surface area contributed by atoms with Crippen LogP contribution in [0.4, 0.5) is 0 Å². The lowest BCUT2D eigenvalue weighted by Gasteiger charge is -2.34. The molecule has 0 radical (unpaired) electrons. The van der Waals surface area contributed by atoms with Gasteiger partial charge in [0.2, 0.25) is 5.90 Å². The average Bonchev–Trinajstić information content (AvgIpc) is 2.28. The van der Waals surface area contributed by atoms with Crippen LogP contribution < -0.4 is 0 Å². The number of rotatable bonds is 3. The van der Waals surface area contributed by atoms with Gasteiger partial charge >= 0.3 is 0 Å². The lowest BCUT2D eigenvalue weighted by atomic mass is 9.95. The van der Waals surface area contributed by atoms with Gasteiger partial charge in [-0.25, -0.2) is 13.4 Å². The minimum Gasteiger partial charge on any atom is -0.474 e. The molecule has 0 amide bonds. The fraction of sp³-hybridized carbons (Fsp3) is 0.500. The molecule has 1 saturated carbocycles. The number of aliphatic imine (C=N–C) groups is 1. The Morgan fingerprint density at radius 3 is 2.63 bits per heavy atom. The molecule has 0 N–H and O–H groups in total. The molecule has 1 aliphatic rings. The third kappa shape index (κ3) is 3.45. The molecule has 2 rings (SSSR count). The quantitative estimate of drug-likeness (QED) is 0.484. The number of nitrogens with zero attached hydrogens (tertiary/aromatic N) is 2. The number of hydrogen-bond donors (Lipinski definition) is 0. The Morgan fingerprint density at radius 1 is 1.47 bits per heavy atom. The van der Waals surface area contributed by atoms with E-state index in [0.29, 0.717) is 23.9 Å². The van der Waals surface area contributed by atoms with Crippen molar-refractivity contribution in [2.45, 2.75) is 24.2 Å². The van der Waals surface area contributed by atoms with Crippen LogP contribution >= 0.6 is 11.6 Å². The molecule has 0 saturated heterocycles. The predicted molar refractivity (Wildman–Crippen MR) is 74.4 cm³/mol. The molecule has 1 aromatic heterocycles. The summed E-state index contributed by atoms with van der Waals surface area (Å²) in [5.41, 5.74) is 0.731. The van der Waals surface area contributed by atoms with Crippen LogP contribution in [0.25, 0.3) is 0 Å². The zero-order chi connectivity index (χ0) is 14.0. The maximum Gasteiger partial charge on any atom is 0.217 e. The highest BCUT2D eigenvalue weighted by molar-refractivity contribution is 7.91. The first kappa shape index (κ1) is 14.3. The van der Waals surface area contributed by atoms with Crippen LogP contribution in [-0.2, 0) is 14.6 Å². The van der Waals surface area contributed by atoms with Crippen molar-refractivity contribution >= 4 is 27.3 Å². The SMILES string of the molecule is C/N=C(/O[C@H]1C[C@@H](S(C)(=O)=O)C1)c1ccc(Cl)nc1. The van der Waals surface area contributed by atoms with Crippen LogP contribution in [-0.4, -0.2) is 44.0 Å². The van der Waals surface area contributed by atoms with Crippen molar-refractivity contribution < 1.29 is 13.2 Å². The highest BCUT2D eigenvalue weighted by atomic mass is 35.5. The molecule has 19 heavy (non-hydrogen) atoms. The zero-order valence-corrected chi connectivity index (χ0v) is 12.3. The van der Waals surface area contributed by atoms with E-state index in [1.54, 1.807) is 25.4 Å². The van der Waals surface area contributed by atoms with Crippen molar-refractivity contribution in [1.82, 2.24) is 4.98 Å². The largest absolute Gasteiger partial charge is 0.474 e. The smallest absolute Gasteiger partial charge is 0.217 e. The van der Waals surface area contributed by atoms with Crippen LogP contribution in [0, 0.1) is 0 Å². The van der Waals surface area contributed by atoms with Crippen molar-refractivity contribution in [3.63, 3.8) is 0 Å². The van der Waals surface area contributed by atoms with Gasteiger partial charge in [-0.2, -0.15) is 0 Å². The Morgan fingerprint density at radius 2 is 2.16 bits per heavy atom. The van der Waals surface area contributed by atoms with E-state index in [0.717, 1.165) is 5.56 Å². The fourth-order valence-electron chi connectivity index (χ4n) is 1.87. The van der Waals surface area contributed by atoms with E-state index in [1.165, 1.54) is 6.26 Å². The summed E-state index contributed by atoms with van der Waals surface area (Å²) in [6, 6.07) is 3.43. The number of hydrogen-bond acceptors (Lipinski definition) is 5. The number of pyridine rings is 1. The van der Waals surface area contributed by atoms with Crippen molar-refractivity contribution in [3.8, 4) is 0 Å². The van der Waals surface area contributed by atoms with Gasteiger partial charge in [0, 0.05) is 32.3 Å². The van der Waals surface area contributed by atoms with Crippen LogP contribution in [0.3, 0.4) is 0 Å². The van der Waals surface area contributed by atoms with Crippen LogP contribution in [0.1, 0.15) is 18.4 Å². The minimum atomic E-state index is -2.96. The molecule has 0 bridgehead atoms. The zero-order valence-electron chi connectivity index (χ0n) is 10.7. The summed E-state index contributed by atoms with van der Waals surface area (Å²) in [5.74, 6) is 0.459. The maximum atomic E-state index is 11.3. The van der Waals surface area contributed by atoms with Gasteiger partial charge in [0.05, 0.1) is 10.8 Å². The van der Waals surface area contributed by atoms with Crippen LogP contribution in [0.2, 0.25) is 5.15 Å². The first-order chi connectivity index (χ1) is 8.90. The van der Waals surface area contributed by atoms with E-state index in [1.807, 2.05) is 0 Å². The molecule has 1 heterocycles. The van der Waals surface area contributed by atoms with E-state index >= 15 is 0 Å². The first-order valence-electron chi connectivity index (χ1n) is 5.84. The van der Waals surface area contributed by atoms with Gasteiger partial charge in [0.1, 0.15) is 11.3 Å². The summed E-state index contributed by atoms with van der Waals surface area (Å²) in [6.45, 7) is 0. The summed E-state index contributed by atoms with van der Waals surface area (Å²) in [4.78, 5) is 8.02. The molecule has 5 nitrogen and oxygen atoms in total. The van der Waals surface area contributed by atoms with Crippen LogP contribution in [0.15, 0.2) is 23.3 Å². The van der Waals surface area contributed by atoms with Gasteiger partial charge in [0.15, 0.2) is 9.84 Å². The molecule has 0 atom stereocenters. The van der Waals surface area contributed by atoms with Crippen molar-refractivity contribution in [1.29, 1.82) is 0 Å². The van der Waals surface area contributed by atoms with E-state index in [9.17, 15) is 8.42 Å². The van der Waals surface area contributed by atoms with Gasteiger partial charge in [0.25, 0.3) is 0 Å². The van der Waals surface area contributed by atoms with Gasteiger partial charge in [-0.15, -0.1) is 0 Å². The van der Waals surface area contributed by atoms with Crippen molar-refractivity contribution in [2.24, 2.45) is 4.99 Å². The molecular weight excluding hydrogens is 288 g/mol. The molecule has 104 valence electrons. The van der Waals surface area contributed by atoms with Gasteiger partial charge < -0.3 is 4.74 Å². The number of ether oxygens (including phenoxy) is 1. The fourth-order valence-corrected chi connectivity index (χ4v) is 3.11. The molecule has 0 aliphatic heterocycles. The third-order valence-electron chi connectivity index (χ3n) is 3.11. The van der Waals surface area contributed by atoms with Crippen molar-refractivity contribution in [3.05, 3.63) is 29.0 Å². The molecule has 1 aromatic rings. The van der Waals surface area contributed by atoms with Gasteiger partial charge in [-0.3, -0.25) is 4.99 Å². The lowest BCUT2D eigenvalue weighted by Crippen LogP contribution is -2.41. The summed E-state index contributed by atoms with van der Waals surface area (Å²) in [5, 5.41) is 0.110. The average molecular weight is 303 g/mol. The highest BCUT2D eigenvalue weighted by Gasteiger charge is 2.38. The standard InChI is InChI=1S/C12H15ClN2O3S/c1-14-12(8-3-4-11(13)15-7-8)18-9-5-10(6-9)19(2,16)17/h3-4,7,9-10H,5-6H2,1-2H3/b14-12+/t9-,10+. The summed E-state index contributed by atoms with van der Waals surface area (Å²) in [6.07, 6.45) is 3.76. The molecule has 0 spiro atoms. The van der Waals surface area contributed by atoms with Crippen molar-refractivity contribution in [2.75, 3.05) is 13.3 Å². The second-order valence-corrected chi connectivity index (χ2v) is 7.27. The summed E-state index contributed by atoms with van der Waals surface area (Å²) in [7, 11) is -1.34. The molecule has 0 unspecified atom stereocenters. The summed E-state index contributed by atoms with van der Waals surface area (Å²) < 4.78 is 28.3.